The molecule has 3 nitrogen and oxygen atoms in total. The minimum Gasteiger partial charge on any atom is -0.493 e. The van der Waals surface area contributed by atoms with Crippen LogP contribution in [0.5, 0.6) is 11.5 Å². The number of ether oxygens (including phenoxy) is 2. The molecule has 3 heteroatoms. The van der Waals surface area contributed by atoms with E-state index in [4.69, 9.17) is 9.47 Å². The highest BCUT2D eigenvalue weighted by molar-refractivity contribution is 5.55. The van der Waals surface area contributed by atoms with Gasteiger partial charge >= 0.3 is 0 Å². The number of methoxy groups -OCH3 is 1. The van der Waals surface area contributed by atoms with Gasteiger partial charge in [-0.05, 0) is 50.7 Å². The zero-order valence-electron chi connectivity index (χ0n) is 13.7. The molecule has 0 amide bonds. The second kappa shape index (κ2) is 8.16. The quantitative estimate of drug-likeness (QED) is 0.778. The van der Waals surface area contributed by atoms with Crippen LogP contribution in [-0.4, -0.2) is 19.8 Å². The van der Waals surface area contributed by atoms with Crippen molar-refractivity contribution in [2.45, 2.75) is 58.4 Å². The van der Waals surface area contributed by atoms with Crippen LogP contribution < -0.4 is 14.8 Å². The van der Waals surface area contributed by atoms with Gasteiger partial charge in [-0.25, -0.2) is 0 Å². The first-order valence-corrected chi connectivity index (χ1v) is 8.34. The summed E-state index contributed by atoms with van der Waals surface area (Å²) >= 11 is 0. The molecule has 1 aromatic carbocycles. The Morgan fingerprint density at radius 3 is 2.48 bits per heavy atom. The van der Waals surface area contributed by atoms with Gasteiger partial charge in [0.1, 0.15) is 0 Å². The van der Waals surface area contributed by atoms with Gasteiger partial charge in [0.2, 0.25) is 0 Å². The summed E-state index contributed by atoms with van der Waals surface area (Å²) in [5.41, 5.74) is 1.14. The van der Waals surface area contributed by atoms with Crippen molar-refractivity contribution < 1.29 is 9.47 Å². The van der Waals surface area contributed by atoms with Crippen LogP contribution in [0.3, 0.4) is 0 Å². The normalized spacial score (nSPS) is 21.9. The van der Waals surface area contributed by atoms with Crippen molar-refractivity contribution in [2.24, 2.45) is 5.92 Å². The molecule has 0 bridgehead atoms. The van der Waals surface area contributed by atoms with Crippen LogP contribution in [0, 0.1) is 5.92 Å². The van der Waals surface area contributed by atoms with E-state index in [2.05, 4.69) is 24.4 Å². The molecular formula is C18H29NO2. The van der Waals surface area contributed by atoms with Crippen molar-refractivity contribution in [3.05, 3.63) is 18.2 Å². The van der Waals surface area contributed by atoms with E-state index < -0.39 is 0 Å². The van der Waals surface area contributed by atoms with Gasteiger partial charge in [-0.1, -0.05) is 19.8 Å². The minimum atomic E-state index is 0.598. The van der Waals surface area contributed by atoms with Crippen LogP contribution in [0.25, 0.3) is 0 Å². The Morgan fingerprint density at radius 2 is 1.86 bits per heavy atom. The summed E-state index contributed by atoms with van der Waals surface area (Å²) in [5, 5.41) is 3.66. The second-order valence-electron chi connectivity index (χ2n) is 5.95. The van der Waals surface area contributed by atoms with Gasteiger partial charge in [-0.3, -0.25) is 0 Å². The van der Waals surface area contributed by atoms with Gasteiger partial charge in [0.05, 0.1) is 13.7 Å². The van der Waals surface area contributed by atoms with Gasteiger partial charge in [-0.2, -0.15) is 0 Å². The smallest absolute Gasteiger partial charge is 0.163 e. The van der Waals surface area contributed by atoms with Gasteiger partial charge in [0.25, 0.3) is 0 Å². The number of hydrogen-bond donors (Lipinski definition) is 1. The predicted octanol–water partition coefficient (Wildman–Crippen LogP) is 4.86. The third-order valence-corrected chi connectivity index (χ3v) is 4.38. The van der Waals surface area contributed by atoms with Crippen LogP contribution in [0.4, 0.5) is 5.69 Å². The maximum absolute atomic E-state index is 5.64. The van der Waals surface area contributed by atoms with Crippen molar-refractivity contribution in [3.8, 4) is 11.5 Å². The third kappa shape index (κ3) is 4.55. The highest BCUT2D eigenvalue weighted by Gasteiger charge is 2.20. The zero-order chi connectivity index (χ0) is 15.1. The van der Waals surface area contributed by atoms with Crippen molar-refractivity contribution in [3.63, 3.8) is 0 Å². The molecule has 1 aromatic rings. The summed E-state index contributed by atoms with van der Waals surface area (Å²) in [6.45, 7) is 4.94. The SMILES string of the molecule is CCCC1CCC(Nc2ccc(OC)c(OCC)c2)CC1. The van der Waals surface area contributed by atoms with Crippen LogP contribution in [-0.2, 0) is 0 Å². The Balaban J connectivity index is 1.92. The summed E-state index contributed by atoms with van der Waals surface area (Å²) in [7, 11) is 1.68. The Bertz CT molecular complexity index is 425. The standard InChI is InChI=1S/C18H29NO2/c1-4-6-14-7-9-15(10-8-14)19-16-11-12-17(20-3)18(13-16)21-5-2/h11-15,19H,4-10H2,1-3H3. The lowest BCUT2D eigenvalue weighted by atomic mass is 9.83. The largest absolute Gasteiger partial charge is 0.493 e. The molecular weight excluding hydrogens is 262 g/mol. The van der Waals surface area contributed by atoms with Crippen molar-refractivity contribution >= 4 is 5.69 Å². The van der Waals surface area contributed by atoms with E-state index in [1.54, 1.807) is 7.11 Å². The van der Waals surface area contributed by atoms with Crippen molar-refractivity contribution in [1.29, 1.82) is 0 Å². The number of nitrogens with one attached hydrogen (secondary N) is 1. The van der Waals surface area contributed by atoms with Gasteiger partial charge in [0, 0.05) is 17.8 Å². The van der Waals surface area contributed by atoms with E-state index >= 15 is 0 Å². The summed E-state index contributed by atoms with van der Waals surface area (Å²) in [5.74, 6) is 2.57. The number of rotatable bonds is 7. The molecule has 0 radical (unpaired) electrons. The molecule has 1 saturated carbocycles. The average molecular weight is 291 g/mol. The molecule has 0 unspecified atom stereocenters. The summed E-state index contributed by atoms with van der Waals surface area (Å²) < 4.78 is 11.0. The summed E-state index contributed by atoms with van der Waals surface area (Å²) in [6.07, 6.45) is 7.99. The molecule has 118 valence electrons. The fraction of sp³-hybridized carbons (Fsp3) is 0.667. The highest BCUT2D eigenvalue weighted by atomic mass is 16.5. The molecule has 21 heavy (non-hydrogen) atoms. The molecule has 1 aliphatic rings. The lowest BCUT2D eigenvalue weighted by molar-refractivity contribution is 0.310. The first-order chi connectivity index (χ1) is 10.3. The van der Waals surface area contributed by atoms with Crippen LogP contribution in [0.15, 0.2) is 18.2 Å². The molecule has 0 spiro atoms. The Hall–Kier alpha value is -1.38. The Kier molecular flexibility index (Phi) is 6.21. The fourth-order valence-electron chi connectivity index (χ4n) is 3.27. The first kappa shape index (κ1) is 16.0. The van der Waals surface area contributed by atoms with E-state index in [-0.39, 0.29) is 0 Å². The molecule has 0 saturated heterocycles. The maximum Gasteiger partial charge on any atom is 0.163 e. The van der Waals surface area contributed by atoms with E-state index in [0.29, 0.717) is 12.6 Å². The number of benzene rings is 1. The van der Waals surface area contributed by atoms with Crippen LogP contribution >= 0.6 is 0 Å². The average Bonchev–Trinajstić information content (AvgIpc) is 2.50. The molecule has 1 fully saturated rings. The Labute approximate surface area is 129 Å². The van der Waals surface area contributed by atoms with E-state index in [1.807, 2.05) is 13.0 Å². The van der Waals surface area contributed by atoms with Crippen molar-refractivity contribution in [1.82, 2.24) is 0 Å². The lowest BCUT2D eigenvalue weighted by Crippen LogP contribution is -2.26. The topological polar surface area (TPSA) is 30.5 Å². The van der Waals surface area contributed by atoms with Crippen molar-refractivity contribution in [2.75, 3.05) is 19.0 Å². The number of anilines is 1. The lowest BCUT2D eigenvalue weighted by Gasteiger charge is -2.29. The monoisotopic (exact) mass is 291 g/mol. The molecule has 2 rings (SSSR count). The molecule has 0 atom stereocenters. The predicted molar refractivity (Wildman–Crippen MR) is 88.4 cm³/mol. The number of hydrogen-bond acceptors (Lipinski definition) is 3. The summed E-state index contributed by atoms with van der Waals surface area (Å²) in [6, 6.07) is 6.72. The van der Waals surface area contributed by atoms with Crippen LogP contribution in [0.1, 0.15) is 52.4 Å². The van der Waals surface area contributed by atoms with E-state index in [1.165, 1.54) is 38.5 Å². The minimum absolute atomic E-state index is 0.598. The molecule has 0 aliphatic heterocycles. The van der Waals surface area contributed by atoms with Gasteiger partial charge < -0.3 is 14.8 Å². The third-order valence-electron chi connectivity index (χ3n) is 4.38. The Morgan fingerprint density at radius 1 is 1.10 bits per heavy atom. The highest BCUT2D eigenvalue weighted by Crippen LogP contribution is 2.33. The van der Waals surface area contributed by atoms with Gasteiger partial charge in [0.15, 0.2) is 11.5 Å². The molecule has 1 aliphatic carbocycles. The van der Waals surface area contributed by atoms with E-state index in [0.717, 1.165) is 23.1 Å². The van der Waals surface area contributed by atoms with Crippen LogP contribution in [0.2, 0.25) is 0 Å². The second-order valence-corrected chi connectivity index (χ2v) is 5.95. The first-order valence-electron chi connectivity index (χ1n) is 8.34. The summed E-state index contributed by atoms with van der Waals surface area (Å²) in [4.78, 5) is 0. The fourth-order valence-corrected chi connectivity index (χ4v) is 3.27. The van der Waals surface area contributed by atoms with E-state index in [9.17, 15) is 0 Å². The molecule has 0 aromatic heterocycles. The van der Waals surface area contributed by atoms with Gasteiger partial charge in [-0.15, -0.1) is 0 Å². The zero-order valence-corrected chi connectivity index (χ0v) is 13.7. The molecule has 1 N–H and O–H groups in total. The maximum atomic E-state index is 5.64. The molecule has 0 heterocycles.